The molecule has 1 aromatic rings. The van der Waals surface area contributed by atoms with Crippen LogP contribution in [0.15, 0.2) is 12.3 Å². The van der Waals surface area contributed by atoms with E-state index in [0.29, 0.717) is 23.4 Å². The van der Waals surface area contributed by atoms with Gasteiger partial charge in [-0.05, 0) is 46.2 Å². The Hall–Kier alpha value is -2.11. The van der Waals surface area contributed by atoms with E-state index in [2.05, 4.69) is 10.3 Å². The Morgan fingerprint density at radius 2 is 2.00 bits per heavy atom. The van der Waals surface area contributed by atoms with Crippen LogP contribution in [0.1, 0.15) is 49.3 Å². The first-order chi connectivity index (χ1) is 9.73. The molecule has 0 aliphatic carbocycles. The van der Waals surface area contributed by atoms with Crippen molar-refractivity contribution in [3.05, 3.63) is 29.1 Å². The molecule has 0 aliphatic heterocycles. The number of aromatic nitrogens is 1. The maximum atomic E-state index is 11.8. The summed E-state index contributed by atoms with van der Waals surface area (Å²) >= 11 is 0. The summed E-state index contributed by atoms with van der Waals surface area (Å²) in [5.41, 5.74) is 1.15. The van der Waals surface area contributed by atoms with Crippen LogP contribution in [-0.4, -0.2) is 29.3 Å². The molecule has 0 saturated carbocycles. The van der Waals surface area contributed by atoms with Gasteiger partial charge in [0.1, 0.15) is 5.60 Å². The Morgan fingerprint density at radius 3 is 2.57 bits per heavy atom. The first kappa shape index (κ1) is 16.9. The van der Waals surface area contributed by atoms with E-state index in [-0.39, 0.29) is 6.54 Å². The SMILES string of the molecule is CCOC(=O)c1cc(CNC(=O)OC(C)(C)C)cnc1C. The molecule has 0 fully saturated rings. The van der Waals surface area contributed by atoms with Crippen molar-refractivity contribution in [2.24, 2.45) is 0 Å². The van der Waals surface area contributed by atoms with E-state index in [1.165, 1.54) is 0 Å². The number of amides is 1. The fourth-order valence-corrected chi connectivity index (χ4v) is 1.58. The molecule has 1 N–H and O–H groups in total. The Morgan fingerprint density at radius 1 is 1.33 bits per heavy atom. The lowest BCUT2D eigenvalue weighted by molar-refractivity contribution is 0.0517. The molecule has 1 heterocycles. The highest BCUT2D eigenvalue weighted by Gasteiger charge is 2.16. The number of hydrogen-bond donors (Lipinski definition) is 1. The summed E-state index contributed by atoms with van der Waals surface area (Å²) in [5, 5.41) is 2.62. The van der Waals surface area contributed by atoms with Crippen LogP contribution in [0.5, 0.6) is 0 Å². The van der Waals surface area contributed by atoms with Crippen LogP contribution >= 0.6 is 0 Å². The van der Waals surface area contributed by atoms with Gasteiger partial charge in [-0.1, -0.05) is 0 Å². The van der Waals surface area contributed by atoms with Crippen LogP contribution in [0.3, 0.4) is 0 Å². The topological polar surface area (TPSA) is 77.5 Å². The second-order valence-electron chi connectivity index (χ2n) is 5.55. The standard InChI is InChI=1S/C15H22N2O4/c1-6-20-13(18)12-7-11(8-16-10(12)2)9-17-14(19)21-15(3,4)5/h7-8H,6,9H2,1-5H3,(H,17,19). The molecule has 1 aromatic heterocycles. The number of hydrogen-bond acceptors (Lipinski definition) is 5. The van der Waals surface area contributed by atoms with E-state index in [1.807, 2.05) is 0 Å². The molecule has 6 nitrogen and oxygen atoms in total. The molecule has 116 valence electrons. The van der Waals surface area contributed by atoms with E-state index >= 15 is 0 Å². The van der Waals surface area contributed by atoms with Gasteiger partial charge in [0.15, 0.2) is 0 Å². The predicted molar refractivity (Wildman–Crippen MR) is 78.0 cm³/mol. The molecular formula is C15H22N2O4. The number of pyridine rings is 1. The molecule has 0 aromatic carbocycles. The largest absolute Gasteiger partial charge is 0.462 e. The van der Waals surface area contributed by atoms with Crippen molar-refractivity contribution in [2.45, 2.75) is 46.8 Å². The number of carbonyl (C=O) groups excluding carboxylic acids is 2. The second kappa shape index (κ2) is 7.06. The zero-order chi connectivity index (χ0) is 16.0. The van der Waals surface area contributed by atoms with Crippen LogP contribution in [0.25, 0.3) is 0 Å². The quantitative estimate of drug-likeness (QED) is 0.864. The van der Waals surface area contributed by atoms with Gasteiger partial charge in [0, 0.05) is 12.7 Å². The smallest absolute Gasteiger partial charge is 0.407 e. The zero-order valence-electron chi connectivity index (χ0n) is 13.1. The highest BCUT2D eigenvalue weighted by molar-refractivity contribution is 5.90. The fraction of sp³-hybridized carbons (Fsp3) is 0.533. The van der Waals surface area contributed by atoms with Gasteiger partial charge in [0.2, 0.25) is 0 Å². The van der Waals surface area contributed by atoms with E-state index < -0.39 is 17.7 Å². The van der Waals surface area contributed by atoms with Gasteiger partial charge in [-0.3, -0.25) is 4.98 Å². The van der Waals surface area contributed by atoms with Crippen molar-refractivity contribution in [1.29, 1.82) is 0 Å². The van der Waals surface area contributed by atoms with Gasteiger partial charge in [-0.25, -0.2) is 9.59 Å². The molecule has 0 radical (unpaired) electrons. The van der Waals surface area contributed by atoms with Gasteiger partial charge in [-0.15, -0.1) is 0 Å². The van der Waals surface area contributed by atoms with Crippen LogP contribution in [0.4, 0.5) is 4.79 Å². The Labute approximate surface area is 124 Å². The molecule has 0 spiro atoms. The molecule has 1 rings (SSSR count). The monoisotopic (exact) mass is 294 g/mol. The van der Waals surface area contributed by atoms with Gasteiger partial charge >= 0.3 is 12.1 Å². The number of nitrogens with zero attached hydrogens (tertiary/aromatic N) is 1. The maximum Gasteiger partial charge on any atom is 0.407 e. The number of alkyl carbamates (subject to hydrolysis) is 1. The molecule has 0 saturated heterocycles. The average Bonchev–Trinajstić information content (AvgIpc) is 2.36. The summed E-state index contributed by atoms with van der Waals surface area (Å²) in [6.07, 6.45) is 1.09. The molecule has 6 heteroatoms. The third-order valence-electron chi connectivity index (χ3n) is 2.47. The third-order valence-corrected chi connectivity index (χ3v) is 2.47. The number of aryl methyl sites for hydroxylation is 1. The van der Waals surface area contributed by atoms with Crippen molar-refractivity contribution < 1.29 is 19.1 Å². The highest BCUT2D eigenvalue weighted by atomic mass is 16.6. The summed E-state index contributed by atoms with van der Waals surface area (Å²) in [6, 6.07) is 1.66. The van der Waals surface area contributed by atoms with Crippen LogP contribution in [0, 0.1) is 6.92 Å². The number of nitrogens with one attached hydrogen (secondary N) is 1. The predicted octanol–water partition coefficient (Wildman–Crippen LogP) is 2.59. The molecule has 1 amide bonds. The minimum absolute atomic E-state index is 0.231. The van der Waals surface area contributed by atoms with Crippen LogP contribution in [-0.2, 0) is 16.0 Å². The summed E-state index contributed by atoms with van der Waals surface area (Å²) in [5.74, 6) is -0.415. The summed E-state index contributed by atoms with van der Waals surface area (Å²) in [6.45, 7) is 9.38. The first-order valence-electron chi connectivity index (χ1n) is 6.82. The highest BCUT2D eigenvalue weighted by Crippen LogP contribution is 2.11. The van der Waals surface area contributed by atoms with Gasteiger partial charge in [0.05, 0.1) is 17.9 Å². The maximum absolute atomic E-state index is 11.8. The molecule has 0 unspecified atom stereocenters. The van der Waals surface area contributed by atoms with E-state index in [4.69, 9.17) is 9.47 Å². The minimum Gasteiger partial charge on any atom is -0.462 e. The van der Waals surface area contributed by atoms with Crippen molar-refractivity contribution in [3.8, 4) is 0 Å². The average molecular weight is 294 g/mol. The molecule has 0 atom stereocenters. The van der Waals surface area contributed by atoms with Gasteiger partial charge in [0.25, 0.3) is 0 Å². The Bertz CT molecular complexity index is 521. The summed E-state index contributed by atoms with van der Waals surface area (Å²) in [4.78, 5) is 27.5. The van der Waals surface area contributed by atoms with Crippen molar-refractivity contribution in [3.63, 3.8) is 0 Å². The molecule has 0 bridgehead atoms. The normalized spacial score (nSPS) is 10.9. The van der Waals surface area contributed by atoms with E-state index in [9.17, 15) is 9.59 Å². The van der Waals surface area contributed by atoms with Crippen LogP contribution < -0.4 is 5.32 Å². The molecule has 21 heavy (non-hydrogen) atoms. The lowest BCUT2D eigenvalue weighted by atomic mass is 10.1. The first-order valence-corrected chi connectivity index (χ1v) is 6.82. The second-order valence-corrected chi connectivity index (χ2v) is 5.55. The van der Waals surface area contributed by atoms with E-state index in [0.717, 1.165) is 0 Å². The minimum atomic E-state index is -0.550. The fourth-order valence-electron chi connectivity index (χ4n) is 1.58. The zero-order valence-corrected chi connectivity index (χ0v) is 13.1. The Balaban J connectivity index is 2.70. The molecule has 0 aliphatic rings. The summed E-state index contributed by atoms with van der Waals surface area (Å²) < 4.78 is 10.1. The van der Waals surface area contributed by atoms with Crippen molar-refractivity contribution in [2.75, 3.05) is 6.61 Å². The Kier molecular flexibility index (Phi) is 5.69. The van der Waals surface area contributed by atoms with Crippen molar-refractivity contribution in [1.82, 2.24) is 10.3 Å². The lowest BCUT2D eigenvalue weighted by Gasteiger charge is -2.19. The number of carbonyl (C=O) groups is 2. The van der Waals surface area contributed by atoms with Gasteiger partial charge < -0.3 is 14.8 Å². The van der Waals surface area contributed by atoms with Crippen molar-refractivity contribution >= 4 is 12.1 Å². The number of rotatable bonds is 4. The van der Waals surface area contributed by atoms with E-state index in [1.54, 1.807) is 46.9 Å². The lowest BCUT2D eigenvalue weighted by Crippen LogP contribution is -2.32. The molecular weight excluding hydrogens is 272 g/mol. The van der Waals surface area contributed by atoms with Crippen LogP contribution in [0.2, 0.25) is 0 Å². The third kappa shape index (κ3) is 5.81. The summed E-state index contributed by atoms with van der Waals surface area (Å²) in [7, 11) is 0. The number of ether oxygens (including phenoxy) is 2. The van der Waals surface area contributed by atoms with Gasteiger partial charge in [-0.2, -0.15) is 0 Å². The number of esters is 1.